The van der Waals surface area contributed by atoms with Gasteiger partial charge in [-0.3, -0.25) is 0 Å². The van der Waals surface area contributed by atoms with Crippen LogP contribution in [0.3, 0.4) is 0 Å². The van der Waals surface area contributed by atoms with E-state index in [1.165, 1.54) is 38.8 Å². The van der Waals surface area contributed by atoms with Crippen molar-refractivity contribution >= 4 is 0 Å². The summed E-state index contributed by atoms with van der Waals surface area (Å²) in [4.78, 5) is 5.02. The maximum atomic E-state index is 3.65. The lowest BCUT2D eigenvalue weighted by atomic mass is 10.1. The molecule has 3 nitrogen and oxygen atoms in total. The fraction of sp³-hybridized carbons (Fsp3) is 1.00. The molecule has 0 aromatic rings. The smallest absolute Gasteiger partial charge is 0.0220 e. The van der Waals surface area contributed by atoms with Crippen molar-refractivity contribution in [2.45, 2.75) is 64.6 Å². The summed E-state index contributed by atoms with van der Waals surface area (Å²) in [6.07, 6.45) is 5.29. The van der Waals surface area contributed by atoms with Crippen LogP contribution >= 0.6 is 0 Å². The van der Waals surface area contributed by atoms with E-state index in [1.807, 2.05) is 0 Å². The molecule has 0 bridgehead atoms. The summed E-state index contributed by atoms with van der Waals surface area (Å²) in [6, 6.07) is 2.05. The molecular formula is C15H33N3. The van der Waals surface area contributed by atoms with Gasteiger partial charge >= 0.3 is 0 Å². The minimum Gasteiger partial charge on any atom is -0.313 e. The van der Waals surface area contributed by atoms with Gasteiger partial charge in [-0.25, -0.2) is 0 Å². The van der Waals surface area contributed by atoms with Gasteiger partial charge in [0.05, 0.1) is 0 Å². The van der Waals surface area contributed by atoms with Gasteiger partial charge in [0.1, 0.15) is 0 Å². The second-order valence-electron chi connectivity index (χ2n) is 6.16. The molecule has 1 aliphatic rings. The first kappa shape index (κ1) is 15.9. The van der Waals surface area contributed by atoms with E-state index in [0.29, 0.717) is 12.1 Å². The van der Waals surface area contributed by atoms with Crippen LogP contribution in [0.1, 0.15) is 46.5 Å². The number of nitrogens with one attached hydrogen (secondary N) is 1. The first-order chi connectivity index (χ1) is 8.54. The summed E-state index contributed by atoms with van der Waals surface area (Å²) in [5, 5.41) is 3.65. The molecule has 3 unspecified atom stereocenters. The highest BCUT2D eigenvalue weighted by Crippen LogP contribution is 2.16. The van der Waals surface area contributed by atoms with E-state index < -0.39 is 0 Å². The van der Waals surface area contributed by atoms with Crippen molar-refractivity contribution in [3.05, 3.63) is 0 Å². The van der Waals surface area contributed by atoms with Gasteiger partial charge in [-0.15, -0.1) is 0 Å². The molecule has 1 fully saturated rings. The van der Waals surface area contributed by atoms with Crippen molar-refractivity contribution in [3.8, 4) is 0 Å². The van der Waals surface area contributed by atoms with E-state index >= 15 is 0 Å². The zero-order valence-electron chi connectivity index (χ0n) is 13.1. The fourth-order valence-electron chi connectivity index (χ4n) is 2.78. The zero-order chi connectivity index (χ0) is 13.5. The number of likely N-dealkylation sites (N-methyl/N-ethyl adjacent to an activating group) is 2. The zero-order valence-corrected chi connectivity index (χ0v) is 13.1. The van der Waals surface area contributed by atoms with Crippen LogP contribution in [0, 0.1) is 0 Å². The number of hydrogen-bond acceptors (Lipinski definition) is 3. The predicted molar refractivity (Wildman–Crippen MR) is 80.1 cm³/mol. The Labute approximate surface area is 114 Å². The van der Waals surface area contributed by atoms with Crippen molar-refractivity contribution in [1.82, 2.24) is 15.1 Å². The molecule has 1 rings (SSSR count). The summed E-state index contributed by atoms with van der Waals surface area (Å²) in [7, 11) is 4.53. The van der Waals surface area contributed by atoms with Gasteiger partial charge in [0, 0.05) is 31.2 Å². The quantitative estimate of drug-likeness (QED) is 0.717. The Morgan fingerprint density at radius 3 is 2.67 bits per heavy atom. The van der Waals surface area contributed by atoms with Crippen molar-refractivity contribution in [3.63, 3.8) is 0 Å². The van der Waals surface area contributed by atoms with E-state index in [0.717, 1.165) is 12.6 Å². The lowest BCUT2D eigenvalue weighted by molar-refractivity contribution is 0.179. The maximum Gasteiger partial charge on any atom is 0.0220 e. The normalized spacial score (nSPS) is 24.7. The largest absolute Gasteiger partial charge is 0.313 e. The van der Waals surface area contributed by atoms with Gasteiger partial charge in [0.2, 0.25) is 0 Å². The van der Waals surface area contributed by atoms with E-state index in [9.17, 15) is 0 Å². The molecule has 0 saturated carbocycles. The minimum absolute atomic E-state index is 0.623. The van der Waals surface area contributed by atoms with Crippen molar-refractivity contribution in [2.24, 2.45) is 0 Å². The Morgan fingerprint density at radius 2 is 2.11 bits per heavy atom. The predicted octanol–water partition coefficient (Wildman–Crippen LogP) is 2.18. The molecular weight excluding hydrogens is 222 g/mol. The van der Waals surface area contributed by atoms with Crippen molar-refractivity contribution in [2.75, 3.05) is 33.7 Å². The summed E-state index contributed by atoms with van der Waals surface area (Å²) in [5.41, 5.74) is 0. The SMILES string of the molecule is CCCC(C)NCC(C)N(C)CC1CCCN1C. The maximum absolute atomic E-state index is 3.65. The number of likely N-dealkylation sites (tertiary alicyclic amines) is 1. The number of rotatable bonds is 8. The number of nitrogens with zero attached hydrogens (tertiary/aromatic N) is 2. The lowest BCUT2D eigenvalue weighted by Crippen LogP contribution is -2.45. The van der Waals surface area contributed by atoms with E-state index in [4.69, 9.17) is 0 Å². The molecule has 0 amide bonds. The van der Waals surface area contributed by atoms with Crippen LogP contribution < -0.4 is 5.32 Å². The fourth-order valence-corrected chi connectivity index (χ4v) is 2.78. The molecule has 3 atom stereocenters. The van der Waals surface area contributed by atoms with E-state index in [-0.39, 0.29) is 0 Å². The molecule has 1 heterocycles. The highest BCUT2D eigenvalue weighted by molar-refractivity contribution is 4.81. The standard InChI is InChI=1S/C15H33N3/c1-6-8-13(2)16-11-14(3)18(5)12-15-9-7-10-17(15)4/h13-16H,6-12H2,1-5H3. The first-order valence-electron chi connectivity index (χ1n) is 7.68. The second-order valence-corrected chi connectivity index (χ2v) is 6.16. The van der Waals surface area contributed by atoms with Gasteiger partial charge in [-0.2, -0.15) is 0 Å². The topological polar surface area (TPSA) is 18.5 Å². The van der Waals surface area contributed by atoms with Crippen LogP contribution in [0.15, 0.2) is 0 Å². The molecule has 1 aliphatic heterocycles. The third-order valence-electron chi connectivity index (χ3n) is 4.41. The Bertz CT molecular complexity index is 220. The molecule has 1 saturated heterocycles. The average molecular weight is 255 g/mol. The van der Waals surface area contributed by atoms with Crippen LogP contribution in [0.2, 0.25) is 0 Å². The summed E-state index contributed by atoms with van der Waals surface area (Å²) in [5.74, 6) is 0. The highest BCUT2D eigenvalue weighted by atomic mass is 15.2. The van der Waals surface area contributed by atoms with Gasteiger partial charge in [-0.05, 0) is 53.8 Å². The van der Waals surface area contributed by atoms with Gasteiger partial charge in [-0.1, -0.05) is 13.3 Å². The average Bonchev–Trinajstić information content (AvgIpc) is 2.72. The Kier molecular flexibility index (Phi) is 7.20. The van der Waals surface area contributed by atoms with Crippen LogP contribution in [0.25, 0.3) is 0 Å². The van der Waals surface area contributed by atoms with Crippen molar-refractivity contribution < 1.29 is 0 Å². The summed E-state index contributed by atoms with van der Waals surface area (Å²) in [6.45, 7) is 10.5. The van der Waals surface area contributed by atoms with E-state index in [2.05, 4.69) is 50.0 Å². The Morgan fingerprint density at radius 1 is 1.39 bits per heavy atom. The molecule has 1 N–H and O–H groups in total. The molecule has 0 aromatic heterocycles. The number of hydrogen-bond donors (Lipinski definition) is 1. The third-order valence-corrected chi connectivity index (χ3v) is 4.41. The molecule has 0 aromatic carbocycles. The molecule has 0 radical (unpaired) electrons. The Balaban J connectivity index is 2.21. The van der Waals surface area contributed by atoms with Crippen LogP contribution in [0.5, 0.6) is 0 Å². The lowest BCUT2D eigenvalue weighted by Gasteiger charge is -2.31. The van der Waals surface area contributed by atoms with Crippen LogP contribution in [-0.2, 0) is 0 Å². The van der Waals surface area contributed by atoms with Crippen LogP contribution in [0.4, 0.5) is 0 Å². The second kappa shape index (κ2) is 8.13. The van der Waals surface area contributed by atoms with Gasteiger partial charge < -0.3 is 15.1 Å². The molecule has 18 heavy (non-hydrogen) atoms. The van der Waals surface area contributed by atoms with E-state index in [1.54, 1.807) is 0 Å². The molecule has 0 aliphatic carbocycles. The molecule has 3 heteroatoms. The van der Waals surface area contributed by atoms with Crippen molar-refractivity contribution in [1.29, 1.82) is 0 Å². The third kappa shape index (κ3) is 5.25. The highest BCUT2D eigenvalue weighted by Gasteiger charge is 2.23. The van der Waals surface area contributed by atoms with Gasteiger partial charge in [0.25, 0.3) is 0 Å². The Hall–Kier alpha value is -0.120. The minimum atomic E-state index is 0.623. The van der Waals surface area contributed by atoms with Crippen LogP contribution in [-0.4, -0.2) is 61.7 Å². The molecule has 108 valence electrons. The monoisotopic (exact) mass is 255 g/mol. The summed E-state index contributed by atoms with van der Waals surface area (Å²) >= 11 is 0. The summed E-state index contributed by atoms with van der Waals surface area (Å²) < 4.78 is 0. The van der Waals surface area contributed by atoms with Gasteiger partial charge in [0.15, 0.2) is 0 Å². The first-order valence-corrected chi connectivity index (χ1v) is 7.68. The molecule has 0 spiro atoms.